The summed E-state index contributed by atoms with van der Waals surface area (Å²) in [6.45, 7) is 4.66. The Kier molecular flexibility index (Phi) is 1.72. The SMILES string of the molecule is CCN1CCC2=C1C=CCC2. The summed E-state index contributed by atoms with van der Waals surface area (Å²) in [5, 5.41) is 0. The molecule has 0 spiro atoms. The van der Waals surface area contributed by atoms with Gasteiger partial charge in [-0.25, -0.2) is 0 Å². The standard InChI is InChI=1S/C10H15N/c1-2-11-8-7-9-5-3-4-6-10(9)11/h4,6H,2-3,5,7-8H2,1H3. The van der Waals surface area contributed by atoms with Gasteiger partial charge in [-0.15, -0.1) is 0 Å². The van der Waals surface area contributed by atoms with Gasteiger partial charge in [-0.05, 0) is 37.8 Å². The van der Waals surface area contributed by atoms with E-state index in [-0.39, 0.29) is 0 Å². The first kappa shape index (κ1) is 6.96. The van der Waals surface area contributed by atoms with E-state index in [1.165, 1.54) is 38.0 Å². The van der Waals surface area contributed by atoms with Gasteiger partial charge in [0, 0.05) is 18.8 Å². The average molecular weight is 149 g/mol. The number of nitrogens with zero attached hydrogens (tertiary/aromatic N) is 1. The lowest BCUT2D eigenvalue weighted by Gasteiger charge is -2.19. The Bertz CT molecular complexity index is 213. The van der Waals surface area contributed by atoms with Crippen LogP contribution in [0.25, 0.3) is 0 Å². The quantitative estimate of drug-likeness (QED) is 0.553. The molecule has 0 saturated heterocycles. The van der Waals surface area contributed by atoms with Crippen LogP contribution >= 0.6 is 0 Å². The molecule has 1 heterocycles. The van der Waals surface area contributed by atoms with Crippen LogP contribution in [0.5, 0.6) is 0 Å². The van der Waals surface area contributed by atoms with Gasteiger partial charge in [-0.2, -0.15) is 0 Å². The van der Waals surface area contributed by atoms with Gasteiger partial charge in [0.05, 0.1) is 0 Å². The van der Waals surface area contributed by atoms with Gasteiger partial charge in [-0.1, -0.05) is 6.08 Å². The molecule has 0 amide bonds. The molecule has 0 atom stereocenters. The molecule has 0 saturated carbocycles. The molecule has 0 aromatic carbocycles. The normalized spacial score (nSPS) is 22.8. The van der Waals surface area contributed by atoms with Crippen molar-refractivity contribution in [2.24, 2.45) is 0 Å². The highest BCUT2D eigenvalue weighted by molar-refractivity contribution is 5.32. The lowest BCUT2D eigenvalue weighted by atomic mass is 10.0. The first-order valence-corrected chi connectivity index (χ1v) is 4.55. The minimum absolute atomic E-state index is 1.17. The van der Waals surface area contributed by atoms with Gasteiger partial charge in [0.15, 0.2) is 0 Å². The molecule has 1 heteroatoms. The topological polar surface area (TPSA) is 3.24 Å². The Morgan fingerprint density at radius 2 is 2.36 bits per heavy atom. The third-order valence-electron chi connectivity index (χ3n) is 2.66. The zero-order valence-electron chi connectivity index (χ0n) is 7.14. The van der Waals surface area contributed by atoms with Crippen molar-refractivity contribution >= 4 is 0 Å². The number of allylic oxidation sites excluding steroid dienone is 2. The average Bonchev–Trinajstić information content (AvgIpc) is 2.47. The van der Waals surface area contributed by atoms with E-state index in [1.54, 1.807) is 5.57 Å². The first-order valence-electron chi connectivity index (χ1n) is 4.55. The first-order chi connectivity index (χ1) is 5.42. The van der Waals surface area contributed by atoms with Crippen molar-refractivity contribution in [1.29, 1.82) is 0 Å². The summed E-state index contributed by atoms with van der Waals surface area (Å²) < 4.78 is 0. The maximum atomic E-state index is 2.48. The van der Waals surface area contributed by atoms with E-state index < -0.39 is 0 Å². The Balaban J connectivity index is 2.22. The van der Waals surface area contributed by atoms with E-state index >= 15 is 0 Å². The summed E-state index contributed by atoms with van der Waals surface area (Å²) in [6, 6.07) is 0. The fourth-order valence-corrected chi connectivity index (χ4v) is 2.00. The fourth-order valence-electron chi connectivity index (χ4n) is 2.00. The van der Waals surface area contributed by atoms with Gasteiger partial charge < -0.3 is 4.90 Å². The van der Waals surface area contributed by atoms with Gasteiger partial charge in [-0.3, -0.25) is 0 Å². The smallest absolute Gasteiger partial charge is 0.0355 e. The molecule has 0 aromatic heterocycles. The summed E-state index contributed by atoms with van der Waals surface area (Å²) in [6.07, 6.45) is 8.48. The number of rotatable bonds is 1. The van der Waals surface area contributed by atoms with E-state index in [4.69, 9.17) is 0 Å². The number of hydrogen-bond acceptors (Lipinski definition) is 1. The molecular weight excluding hydrogens is 134 g/mol. The predicted molar refractivity (Wildman–Crippen MR) is 47.3 cm³/mol. The number of hydrogen-bond donors (Lipinski definition) is 0. The van der Waals surface area contributed by atoms with Crippen LogP contribution in [0.4, 0.5) is 0 Å². The molecule has 0 fully saturated rings. The van der Waals surface area contributed by atoms with Crippen LogP contribution in [0, 0.1) is 0 Å². The van der Waals surface area contributed by atoms with E-state index in [9.17, 15) is 0 Å². The second-order valence-corrected chi connectivity index (χ2v) is 3.26. The summed E-state index contributed by atoms with van der Waals surface area (Å²) in [7, 11) is 0. The van der Waals surface area contributed by atoms with E-state index in [1.807, 2.05) is 0 Å². The predicted octanol–water partition coefficient (Wildman–Crippen LogP) is 2.32. The third kappa shape index (κ3) is 1.09. The highest BCUT2D eigenvalue weighted by Crippen LogP contribution is 2.30. The van der Waals surface area contributed by atoms with Crippen LogP contribution in [0.2, 0.25) is 0 Å². The minimum atomic E-state index is 1.17. The zero-order chi connectivity index (χ0) is 7.68. The maximum absolute atomic E-state index is 2.48. The highest BCUT2D eigenvalue weighted by atomic mass is 15.1. The molecular formula is C10H15N. The second kappa shape index (κ2) is 2.72. The van der Waals surface area contributed by atoms with Crippen molar-refractivity contribution in [2.45, 2.75) is 26.2 Å². The van der Waals surface area contributed by atoms with Crippen LogP contribution in [-0.4, -0.2) is 18.0 Å². The van der Waals surface area contributed by atoms with Crippen molar-refractivity contribution in [3.8, 4) is 0 Å². The number of likely N-dealkylation sites (N-methyl/N-ethyl adjacent to an activating group) is 1. The highest BCUT2D eigenvalue weighted by Gasteiger charge is 2.19. The van der Waals surface area contributed by atoms with Gasteiger partial charge in [0.25, 0.3) is 0 Å². The Labute approximate surface area is 68.4 Å². The van der Waals surface area contributed by atoms with Gasteiger partial charge >= 0.3 is 0 Å². The van der Waals surface area contributed by atoms with Crippen molar-refractivity contribution in [1.82, 2.24) is 4.90 Å². The van der Waals surface area contributed by atoms with E-state index in [0.29, 0.717) is 0 Å². The van der Waals surface area contributed by atoms with Crippen LogP contribution < -0.4 is 0 Å². The van der Waals surface area contributed by atoms with Crippen molar-refractivity contribution < 1.29 is 0 Å². The molecule has 60 valence electrons. The molecule has 0 aromatic rings. The van der Waals surface area contributed by atoms with Crippen LogP contribution in [0.15, 0.2) is 23.4 Å². The summed E-state index contributed by atoms with van der Waals surface area (Å²) in [5.41, 5.74) is 3.22. The summed E-state index contributed by atoms with van der Waals surface area (Å²) >= 11 is 0. The minimum Gasteiger partial charge on any atom is -0.372 e. The molecule has 2 rings (SSSR count). The molecule has 2 aliphatic rings. The molecule has 0 unspecified atom stereocenters. The lowest BCUT2D eigenvalue weighted by molar-refractivity contribution is 0.408. The second-order valence-electron chi connectivity index (χ2n) is 3.26. The third-order valence-corrected chi connectivity index (χ3v) is 2.66. The molecule has 0 N–H and O–H groups in total. The lowest BCUT2D eigenvalue weighted by Crippen LogP contribution is -2.18. The molecule has 1 nitrogen and oxygen atoms in total. The van der Waals surface area contributed by atoms with Gasteiger partial charge in [0.1, 0.15) is 0 Å². The van der Waals surface area contributed by atoms with Crippen molar-refractivity contribution in [3.63, 3.8) is 0 Å². The van der Waals surface area contributed by atoms with Crippen molar-refractivity contribution in [3.05, 3.63) is 23.4 Å². The van der Waals surface area contributed by atoms with Crippen LogP contribution in [-0.2, 0) is 0 Å². The molecule has 0 radical (unpaired) electrons. The molecule has 0 bridgehead atoms. The monoisotopic (exact) mass is 149 g/mol. The molecule has 11 heavy (non-hydrogen) atoms. The van der Waals surface area contributed by atoms with E-state index in [0.717, 1.165) is 0 Å². The Morgan fingerprint density at radius 1 is 1.45 bits per heavy atom. The zero-order valence-corrected chi connectivity index (χ0v) is 7.14. The van der Waals surface area contributed by atoms with Gasteiger partial charge in [0.2, 0.25) is 0 Å². The largest absolute Gasteiger partial charge is 0.372 e. The molecule has 1 aliphatic carbocycles. The Hall–Kier alpha value is -0.720. The fraction of sp³-hybridized carbons (Fsp3) is 0.600. The Morgan fingerprint density at radius 3 is 3.18 bits per heavy atom. The van der Waals surface area contributed by atoms with Crippen molar-refractivity contribution in [2.75, 3.05) is 13.1 Å². The molecule has 1 aliphatic heterocycles. The summed E-state index contributed by atoms with van der Waals surface area (Å²) in [4.78, 5) is 2.48. The van der Waals surface area contributed by atoms with Crippen LogP contribution in [0.1, 0.15) is 26.2 Å². The maximum Gasteiger partial charge on any atom is 0.0355 e. The van der Waals surface area contributed by atoms with E-state index in [2.05, 4.69) is 24.0 Å². The van der Waals surface area contributed by atoms with Crippen LogP contribution in [0.3, 0.4) is 0 Å². The summed E-state index contributed by atoms with van der Waals surface area (Å²) in [5.74, 6) is 0.